The largest absolute Gasteiger partial charge is 0.371 e. The zero-order valence-corrected chi connectivity index (χ0v) is 34.5. The van der Waals surface area contributed by atoms with Crippen molar-refractivity contribution in [3.05, 3.63) is 114 Å². The number of halogens is 2. The van der Waals surface area contributed by atoms with E-state index in [0.29, 0.717) is 30.3 Å². The van der Waals surface area contributed by atoms with Crippen LogP contribution in [0.1, 0.15) is 79.8 Å². The summed E-state index contributed by atoms with van der Waals surface area (Å²) in [6.07, 6.45) is 10.5. The van der Waals surface area contributed by atoms with Crippen molar-refractivity contribution in [3.63, 3.8) is 0 Å². The number of rotatable bonds is 4. The number of aryl methyl sites for hydroxylation is 3. The van der Waals surface area contributed by atoms with Crippen molar-refractivity contribution in [1.29, 1.82) is 0 Å². The van der Waals surface area contributed by atoms with Gasteiger partial charge >= 0.3 is 0 Å². The second-order valence-corrected chi connectivity index (χ2v) is 16.9. The van der Waals surface area contributed by atoms with Crippen LogP contribution in [0.15, 0.2) is 79.8 Å². The van der Waals surface area contributed by atoms with Gasteiger partial charge in [0.05, 0.1) is 22.9 Å². The molecule has 3 aromatic heterocycles. The molecule has 4 aliphatic rings. The average Bonchev–Trinajstić information content (AvgIpc) is 3.77. The first-order valence-electron chi connectivity index (χ1n) is 21.4. The van der Waals surface area contributed by atoms with Crippen LogP contribution in [0.25, 0.3) is 28.0 Å². The van der Waals surface area contributed by atoms with Crippen LogP contribution in [0.2, 0.25) is 0 Å². The molecule has 3 saturated heterocycles. The molecule has 2 bridgehead atoms. The van der Waals surface area contributed by atoms with E-state index in [-0.39, 0.29) is 5.56 Å². The SMILES string of the molecule is C=C1CCC(c2c(F)cc(N3CCC(N4CCN(c5ccc6nc7n(c6c5)CCCCCCc5c(cnn5C)-c5cc(cc(C)n5)C(=C)N7)CC4)CC3)cc2F)C(=C)N1. The summed E-state index contributed by atoms with van der Waals surface area (Å²) in [6.45, 7) is 20.7. The molecule has 2 N–H and O–H groups in total. The van der Waals surface area contributed by atoms with Gasteiger partial charge in [0.15, 0.2) is 0 Å². The summed E-state index contributed by atoms with van der Waals surface area (Å²) in [5.41, 5.74) is 11.5. The second-order valence-electron chi connectivity index (χ2n) is 16.9. The molecule has 4 aliphatic heterocycles. The summed E-state index contributed by atoms with van der Waals surface area (Å²) in [7, 11) is 2.02. The Morgan fingerprint density at radius 3 is 2.25 bits per heavy atom. The van der Waals surface area contributed by atoms with E-state index in [9.17, 15) is 0 Å². The minimum Gasteiger partial charge on any atom is -0.371 e. The second kappa shape index (κ2) is 16.3. The molecule has 308 valence electrons. The van der Waals surface area contributed by atoms with Crippen LogP contribution in [0.3, 0.4) is 0 Å². The molecule has 0 amide bonds. The van der Waals surface area contributed by atoms with Gasteiger partial charge in [-0.25, -0.2) is 13.8 Å². The molecule has 0 saturated carbocycles. The molecule has 9 rings (SSSR count). The molecule has 0 spiro atoms. The van der Waals surface area contributed by atoms with Gasteiger partial charge in [-0.1, -0.05) is 32.6 Å². The molecule has 1 atom stereocenters. The van der Waals surface area contributed by atoms with E-state index in [4.69, 9.17) is 9.97 Å². The normalized spacial score (nSPS) is 20.1. The van der Waals surface area contributed by atoms with Gasteiger partial charge in [0.1, 0.15) is 11.6 Å². The summed E-state index contributed by atoms with van der Waals surface area (Å²) >= 11 is 0. The van der Waals surface area contributed by atoms with Crippen molar-refractivity contribution in [1.82, 2.24) is 34.5 Å². The van der Waals surface area contributed by atoms with Crippen LogP contribution in [0.4, 0.5) is 26.1 Å². The van der Waals surface area contributed by atoms with E-state index in [1.165, 1.54) is 23.5 Å². The van der Waals surface area contributed by atoms with Crippen molar-refractivity contribution >= 4 is 34.1 Å². The number of pyridine rings is 1. The monoisotopic (exact) mass is 798 g/mol. The third-order valence-electron chi connectivity index (χ3n) is 13.1. The van der Waals surface area contributed by atoms with Gasteiger partial charge in [-0.15, -0.1) is 0 Å². The lowest BCUT2D eigenvalue weighted by Crippen LogP contribution is -2.53. The lowest BCUT2D eigenvalue weighted by Gasteiger charge is -2.44. The van der Waals surface area contributed by atoms with Crippen molar-refractivity contribution < 1.29 is 8.78 Å². The smallest absolute Gasteiger partial charge is 0.208 e. The van der Waals surface area contributed by atoms with Crippen LogP contribution in [-0.2, 0) is 20.0 Å². The third kappa shape index (κ3) is 7.87. The number of benzene rings is 2. The molecular weight excluding hydrogens is 743 g/mol. The molecule has 0 radical (unpaired) electrons. The first-order chi connectivity index (χ1) is 28.6. The van der Waals surface area contributed by atoms with Gasteiger partial charge < -0.3 is 25.0 Å². The average molecular weight is 799 g/mol. The minimum absolute atomic E-state index is 0.110. The number of nitrogens with zero attached hydrogens (tertiary/aromatic N) is 8. The molecule has 7 heterocycles. The van der Waals surface area contributed by atoms with E-state index < -0.39 is 17.6 Å². The van der Waals surface area contributed by atoms with Crippen LogP contribution in [0, 0.1) is 18.6 Å². The Kier molecular flexibility index (Phi) is 10.8. The van der Waals surface area contributed by atoms with Gasteiger partial charge in [-0.05, 0) is 94.3 Å². The summed E-state index contributed by atoms with van der Waals surface area (Å²) in [6, 6.07) is 14.4. The number of piperazine rings is 1. The maximum Gasteiger partial charge on any atom is 0.208 e. The number of fused-ring (bicyclic) bond motifs is 7. The molecular formula is C47H56F2N10. The summed E-state index contributed by atoms with van der Waals surface area (Å²) < 4.78 is 35.3. The number of nitrogens with one attached hydrogen (secondary N) is 2. The van der Waals surface area contributed by atoms with Crippen LogP contribution < -0.4 is 20.4 Å². The Hall–Kier alpha value is -5.49. The predicted octanol–water partition coefficient (Wildman–Crippen LogP) is 8.90. The quantitative estimate of drug-likeness (QED) is 0.187. The first-order valence-corrected chi connectivity index (χ1v) is 21.4. The van der Waals surface area contributed by atoms with Gasteiger partial charge in [0.25, 0.3) is 0 Å². The van der Waals surface area contributed by atoms with E-state index >= 15 is 8.78 Å². The molecule has 5 aromatic rings. The number of hydrogen-bond donors (Lipinski definition) is 2. The standard InChI is InChI=1S/C47H56F2N10/c1-30-11-13-38(33(4)51-30)46-40(48)26-37(27-41(46)49)56-18-15-35(16-19-56)57-20-22-58(23-21-57)36-12-14-42-45(28-36)59-17-9-7-6-8-10-44-39(29-50-55(44)5)43-25-34(24-31(2)52-43)32(3)53-47(59)54-42/h12,14,24-29,35,38,51H,1,3-4,6-11,13,15-23H2,2,5H3,(H,53,54). The van der Waals surface area contributed by atoms with Crippen molar-refractivity contribution in [2.75, 3.05) is 54.4 Å². The lowest BCUT2D eigenvalue weighted by molar-refractivity contribution is 0.160. The molecule has 3 fully saturated rings. The Morgan fingerprint density at radius 2 is 1.49 bits per heavy atom. The van der Waals surface area contributed by atoms with Gasteiger partial charge in [-0.3, -0.25) is 14.6 Å². The number of aromatic nitrogens is 5. The molecule has 10 nitrogen and oxygen atoms in total. The zero-order chi connectivity index (χ0) is 40.8. The molecule has 0 aliphatic carbocycles. The van der Waals surface area contributed by atoms with Crippen molar-refractivity contribution in [3.8, 4) is 11.3 Å². The Labute approximate surface area is 346 Å². The van der Waals surface area contributed by atoms with Crippen LogP contribution in [-0.4, -0.2) is 74.5 Å². The van der Waals surface area contributed by atoms with Crippen molar-refractivity contribution in [2.24, 2.45) is 7.05 Å². The van der Waals surface area contributed by atoms with E-state index in [0.717, 1.165) is 142 Å². The number of anilines is 3. The zero-order valence-electron chi connectivity index (χ0n) is 34.5. The first kappa shape index (κ1) is 39.0. The molecule has 59 heavy (non-hydrogen) atoms. The predicted molar refractivity (Wildman–Crippen MR) is 235 cm³/mol. The highest BCUT2D eigenvalue weighted by Gasteiger charge is 2.31. The van der Waals surface area contributed by atoms with Gasteiger partial charge in [-0.2, -0.15) is 5.10 Å². The van der Waals surface area contributed by atoms with E-state index in [1.54, 1.807) is 0 Å². The summed E-state index contributed by atoms with van der Waals surface area (Å²) in [5.74, 6) is -0.568. The summed E-state index contributed by atoms with van der Waals surface area (Å²) in [5, 5.41) is 11.3. The van der Waals surface area contributed by atoms with E-state index in [1.807, 2.05) is 24.9 Å². The van der Waals surface area contributed by atoms with Crippen molar-refractivity contribution in [2.45, 2.75) is 83.2 Å². The van der Waals surface area contributed by atoms with Gasteiger partial charge in [0, 0.05) is 121 Å². The molecule has 2 aromatic carbocycles. The molecule has 1 unspecified atom stereocenters. The minimum atomic E-state index is -0.494. The Bertz CT molecular complexity index is 2390. The highest BCUT2D eigenvalue weighted by Crippen LogP contribution is 2.38. The third-order valence-corrected chi connectivity index (χ3v) is 13.1. The van der Waals surface area contributed by atoms with Crippen LogP contribution >= 0.6 is 0 Å². The highest BCUT2D eigenvalue weighted by molar-refractivity contribution is 5.85. The summed E-state index contributed by atoms with van der Waals surface area (Å²) in [4.78, 5) is 17.3. The highest BCUT2D eigenvalue weighted by atomic mass is 19.1. The maximum absolute atomic E-state index is 15.5. The topological polar surface area (TPSA) is 82.3 Å². The number of allylic oxidation sites excluding steroid dienone is 2. The van der Waals surface area contributed by atoms with Gasteiger partial charge in [0.2, 0.25) is 5.95 Å². The van der Waals surface area contributed by atoms with Crippen LogP contribution in [0.5, 0.6) is 0 Å². The molecule has 12 heteroatoms. The lowest BCUT2D eigenvalue weighted by atomic mass is 9.87. The Morgan fingerprint density at radius 1 is 0.746 bits per heavy atom. The van der Waals surface area contributed by atoms with E-state index in [2.05, 4.69) is 85.1 Å². The fourth-order valence-electron chi connectivity index (χ4n) is 9.82. The fraction of sp³-hybridized carbons (Fsp3) is 0.426. The number of piperidine rings is 2. The number of hydrogen-bond acceptors (Lipinski definition) is 8. The maximum atomic E-state index is 15.5. The Balaban J connectivity index is 0.858. The fourth-order valence-corrected chi connectivity index (χ4v) is 9.82. The number of imidazole rings is 1.